The van der Waals surface area contributed by atoms with Crippen molar-refractivity contribution in [3.63, 3.8) is 0 Å². The van der Waals surface area contributed by atoms with Gasteiger partial charge in [-0.15, -0.1) is 0 Å². The van der Waals surface area contributed by atoms with Gasteiger partial charge in [0.2, 0.25) is 10.4 Å². The Morgan fingerprint density at radius 1 is 1.75 bits per heavy atom. The van der Waals surface area contributed by atoms with Gasteiger partial charge in [-0.2, -0.15) is 0 Å². The molecule has 0 aromatic carbocycles. The predicted molar refractivity (Wildman–Crippen MR) is 27.5 cm³/mol. The summed E-state index contributed by atoms with van der Waals surface area (Å²) in [4.78, 5) is 0. The Kier molecular flexibility index (Phi) is 5.09. The molecule has 0 aromatic rings. The van der Waals surface area contributed by atoms with Crippen LogP contribution in [0.15, 0.2) is 0 Å². The molecule has 3 N–H and O–H groups in total. The zero-order valence-corrected chi connectivity index (χ0v) is 5.27. The maximum Gasteiger partial charge on any atom is 1.00 e. The fraction of sp³-hybridized carbons (Fsp3) is 1.00. The minimum Gasteiger partial charge on any atom is -0.726 e. The highest BCUT2D eigenvalue weighted by atomic mass is 32.3. The second-order valence-corrected chi connectivity index (χ2v) is 1.87. The molecule has 0 saturated heterocycles. The molecule has 0 unspecified atom stereocenters. The van der Waals surface area contributed by atoms with Crippen LogP contribution in [0.25, 0.3) is 0 Å². The first kappa shape index (κ1) is 10.7. The molecule has 8 heavy (non-hydrogen) atoms. The minimum atomic E-state index is -4.42. The molecule has 0 heterocycles. The number of hydrogen-bond acceptors (Lipinski definition) is 5. The van der Waals surface area contributed by atoms with E-state index in [1.165, 1.54) is 6.92 Å². The van der Waals surface area contributed by atoms with Crippen molar-refractivity contribution < 1.29 is 18.6 Å². The molecule has 0 aliphatic carbocycles. The lowest BCUT2D eigenvalue weighted by molar-refractivity contribution is 0.275. The van der Waals surface area contributed by atoms with Crippen molar-refractivity contribution in [2.24, 2.45) is 0 Å². The van der Waals surface area contributed by atoms with Crippen molar-refractivity contribution in [2.75, 3.05) is 6.61 Å². The van der Waals surface area contributed by atoms with Gasteiger partial charge in [0.25, 0.3) is 0 Å². The molecule has 0 fully saturated rings. The van der Waals surface area contributed by atoms with E-state index >= 15 is 0 Å². The molecule has 5 nitrogen and oxygen atoms in total. The van der Waals surface area contributed by atoms with Gasteiger partial charge in [-0.3, -0.25) is 4.18 Å². The molecule has 0 aromatic heterocycles. The average Bonchev–Trinajstić information content (AvgIpc) is 1.30. The van der Waals surface area contributed by atoms with E-state index in [-0.39, 0.29) is 14.2 Å². The van der Waals surface area contributed by atoms with Crippen LogP contribution < -0.4 is 6.15 Å². The largest absolute Gasteiger partial charge is 1.00 e. The standard InChI is InChI=1S/C2H6O4S.H3N/c1-2-6-7(3,4)5;/h2H2,1H3,(H,3,4,5);1H3. The highest BCUT2D eigenvalue weighted by Gasteiger charge is 1.85. The van der Waals surface area contributed by atoms with Crippen LogP contribution in [0.4, 0.5) is 0 Å². The molecule has 0 radical (unpaired) electrons. The van der Waals surface area contributed by atoms with Crippen LogP contribution in [0.5, 0.6) is 0 Å². The lowest BCUT2D eigenvalue weighted by Crippen LogP contribution is -2.02. The fourth-order valence-electron chi connectivity index (χ4n) is 0.144. The van der Waals surface area contributed by atoms with Crippen molar-refractivity contribution in [1.29, 1.82) is 0 Å². The first-order valence-corrected chi connectivity index (χ1v) is 3.00. The third kappa shape index (κ3) is 9.27. The van der Waals surface area contributed by atoms with Crippen LogP contribution in [0, 0.1) is 0 Å². The molecule has 0 rings (SSSR count). The van der Waals surface area contributed by atoms with Crippen molar-refractivity contribution in [2.45, 2.75) is 6.92 Å². The topological polar surface area (TPSA) is 101 Å². The third-order valence-electron chi connectivity index (χ3n) is 0.262. The quantitative estimate of drug-likeness (QED) is 0.424. The fourth-order valence-corrected chi connectivity index (χ4v) is 0.433. The van der Waals surface area contributed by atoms with Crippen molar-refractivity contribution in [1.82, 2.24) is 6.15 Å². The first-order valence-electron chi connectivity index (χ1n) is 1.66. The van der Waals surface area contributed by atoms with E-state index in [0.717, 1.165) is 0 Å². The van der Waals surface area contributed by atoms with E-state index < -0.39 is 10.4 Å². The molecule has 0 aliphatic rings. The molecule has 0 bridgehead atoms. The summed E-state index contributed by atoms with van der Waals surface area (Å²) in [5.74, 6) is 0. The normalized spacial score (nSPS) is 10.2. The van der Waals surface area contributed by atoms with Gasteiger partial charge >= 0.3 is 1.43 Å². The molecule has 0 atom stereocenters. The Balaban J connectivity index is -0.000000180. The van der Waals surface area contributed by atoms with Gasteiger partial charge in [0, 0.05) is 0 Å². The van der Waals surface area contributed by atoms with E-state index in [0.29, 0.717) is 0 Å². The first-order chi connectivity index (χ1) is 3.06. The van der Waals surface area contributed by atoms with Crippen molar-refractivity contribution in [3.8, 4) is 0 Å². The van der Waals surface area contributed by atoms with Gasteiger partial charge in [0.15, 0.2) is 0 Å². The molecule has 52 valence electrons. The molecule has 6 heteroatoms. The second kappa shape index (κ2) is 3.79. The summed E-state index contributed by atoms with van der Waals surface area (Å²) in [5, 5.41) is 0. The summed E-state index contributed by atoms with van der Waals surface area (Å²) < 4.78 is 32.0. The summed E-state index contributed by atoms with van der Waals surface area (Å²) in [6.45, 7) is 1.33. The lowest BCUT2D eigenvalue weighted by Gasteiger charge is -2.02. The summed E-state index contributed by atoms with van der Waals surface area (Å²) in [5.41, 5.74) is 0. The molecule has 0 spiro atoms. The molecular weight excluding hydrogens is 134 g/mol. The van der Waals surface area contributed by atoms with Crippen LogP contribution >= 0.6 is 0 Å². The van der Waals surface area contributed by atoms with Crippen molar-refractivity contribution in [3.05, 3.63) is 0 Å². The van der Waals surface area contributed by atoms with Crippen LogP contribution in [-0.4, -0.2) is 19.6 Å². The van der Waals surface area contributed by atoms with Crippen LogP contribution in [0.1, 0.15) is 8.35 Å². The Morgan fingerprint density at radius 2 is 2.12 bits per heavy atom. The molecule has 0 amide bonds. The SMILES string of the molecule is CCOS(=O)(=O)[O-].N.[H+]. The monoisotopic (exact) mass is 143 g/mol. The highest BCUT2D eigenvalue weighted by Crippen LogP contribution is 1.80. The molecule has 0 aliphatic heterocycles. The van der Waals surface area contributed by atoms with E-state index in [2.05, 4.69) is 4.18 Å². The zero-order valence-electron chi connectivity index (χ0n) is 5.46. The Bertz CT molecular complexity index is 132. The van der Waals surface area contributed by atoms with Crippen LogP contribution in [0.2, 0.25) is 0 Å². The highest BCUT2D eigenvalue weighted by molar-refractivity contribution is 7.80. The van der Waals surface area contributed by atoms with E-state index in [4.69, 9.17) is 0 Å². The van der Waals surface area contributed by atoms with Crippen LogP contribution in [-0.2, 0) is 14.6 Å². The predicted octanol–water partition coefficient (Wildman–Crippen LogP) is -0.242. The molecule has 0 saturated carbocycles. The van der Waals surface area contributed by atoms with Gasteiger partial charge < -0.3 is 10.7 Å². The maximum atomic E-state index is 9.45. The third-order valence-corrected chi connectivity index (χ3v) is 0.787. The Labute approximate surface area is 49.7 Å². The second-order valence-electron chi connectivity index (χ2n) is 0.815. The maximum absolute atomic E-state index is 9.45. The van der Waals surface area contributed by atoms with E-state index in [9.17, 15) is 13.0 Å². The number of rotatable bonds is 2. The minimum absolute atomic E-state index is 0. The molecular formula is C2H9NO4S. The Morgan fingerprint density at radius 3 is 2.12 bits per heavy atom. The lowest BCUT2D eigenvalue weighted by atomic mass is 10.9. The average molecular weight is 143 g/mol. The van der Waals surface area contributed by atoms with Gasteiger partial charge in [-0.1, -0.05) is 0 Å². The smallest absolute Gasteiger partial charge is 0.726 e. The van der Waals surface area contributed by atoms with Gasteiger partial charge in [0.1, 0.15) is 0 Å². The summed E-state index contributed by atoms with van der Waals surface area (Å²) in [6.07, 6.45) is 0. The van der Waals surface area contributed by atoms with E-state index in [1.54, 1.807) is 0 Å². The summed E-state index contributed by atoms with van der Waals surface area (Å²) >= 11 is 0. The summed E-state index contributed by atoms with van der Waals surface area (Å²) in [6, 6.07) is 0. The van der Waals surface area contributed by atoms with Gasteiger partial charge in [0.05, 0.1) is 6.61 Å². The van der Waals surface area contributed by atoms with Gasteiger partial charge in [-0.25, -0.2) is 8.42 Å². The van der Waals surface area contributed by atoms with Gasteiger partial charge in [-0.05, 0) is 6.92 Å². The zero-order chi connectivity index (χ0) is 5.91. The van der Waals surface area contributed by atoms with Crippen molar-refractivity contribution >= 4 is 10.4 Å². The summed E-state index contributed by atoms with van der Waals surface area (Å²) in [7, 11) is -4.42. The van der Waals surface area contributed by atoms with E-state index in [1.807, 2.05) is 0 Å². The van der Waals surface area contributed by atoms with Crippen LogP contribution in [0.3, 0.4) is 0 Å². The Hall–Kier alpha value is -0.170. The number of hydrogen-bond donors (Lipinski definition) is 1.